The second-order valence-electron chi connectivity index (χ2n) is 6.09. The molecule has 1 saturated heterocycles. The van der Waals surface area contributed by atoms with Crippen molar-refractivity contribution in [2.75, 3.05) is 23.7 Å². The van der Waals surface area contributed by atoms with E-state index in [2.05, 4.69) is 59.8 Å². The van der Waals surface area contributed by atoms with E-state index in [0.29, 0.717) is 11.2 Å². The SMILES string of the molecule is CC(C)C1CN(c2ccnc(Cc3ccccc3)n2)CCS1. The number of hydrogen-bond acceptors (Lipinski definition) is 4. The molecule has 0 saturated carbocycles. The smallest absolute Gasteiger partial charge is 0.135 e. The van der Waals surface area contributed by atoms with Gasteiger partial charge < -0.3 is 4.90 Å². The summed E-state index contributed by atoms with van der Waals surface area (Å²) in [5.74, 6) is 3.87. The Balaban J connectivity index is 1.73. The molecular weight excluding hydrogens is 290 g/mol. The van der Waals surface area contributed by atoms with Crippen molar-refractivity contribution in [3.05, 3.63) is 54.0 Å². The molecule has 22 heavy (non-hydrogen) atoms. The summed E-state index contributed by atoms with van der Waals surface area (Å²) in [4.78, 5) is 11.6. The summed E-state index contributed by atoms with van der Waals surface area (Å²) in [6.45, 7) is 6.78. The maximum atomic E-state index is 4.79. The first-order valence-electron chi connectivity index (χ1n) is 7.95. The molecule has 0 bridgehead atoms. The molecule has 0 radical (unpaired) electrons. The average Bonchev–Trinajstić information content (AvgIpc) is 2.56. The zero-order chi connectivity index (χ0) is 15.4. The second-order valence-corrected chi connectivity index (χ2v) is 7.44. The quantitative estimate of drug-likeness (QED) is 0.861. The van der Waals surface area contributed by atoms with Gasteiger partial charge in [0.2, 0.25) is 0 Å². The Morgan fingerprint density at radius 3 is 2.82 bits per heavy atom. The summed E-state index contributed by atoms with van der Waals surface area (Å²) in [7, 11) is 0. The van der Waals surface area contributed by atoms with Crippen LogP contribution in [0.15, 0.2) is 42.6 Å². The maximum Gasteiger partial charge on any atom is 0.135 e. The topological polar surface area (TPSA) is 29.0 Å². The number of aromatic nitrogens is 2. The number of hydrogen-bond donors (Lipinski definition) is 0. The summed E-state index contributed by atoms with van der Waals surface area (Å²) in [5, 5.41) is 0.696. The van der Waals surface area contributed by atoms with Crippen molar-refractivity contribution < 1.29 is 0 Å². The fraction of sp³-hybridized carbons (Fsp3) is 0.444. The molecule has 2 heterocycles. The Morgan fingerprint density at radius 1 is 1.23 bits per heavy atom. The minimum absolute atomic E-state index is 0.696. The molecule has 1 fully saturated rings. The Labute approximate surface area is 137 Å². The molecule has 1 unspecified atom stereocenters. The standard InChI is InChI=1S/C18H23N3S/c1-14(2)16-13-21(10-11-22-16)18-8-9-19-17(20-18)12-15-6-4-3-5-7-15/h3-9,14,16H,10-13H2,1-2H3. The highest BCUT2D eigenvalue weighted by molar-refractivity contribution is 8.00. The monoisotopic (exact) mass is 313 g/mol. The number of anilines is 1. The van der Waals surface area contributed by atoms with Gasteiger partial charge in [-0.2, -0.15) is 11.8 Å². The van der Waals surface area contributed by atoms with Crippen LogP contribution in [0, 0.1) is 5.92 Å². The van der Waals surface area contributed by atoms with Gasteiger partial charge in [-0.3, -0.25) is 0 Å². The number of nitrogens with zero attached hydrogens (tertiary/aromatic N) is 3. The lowest BCUT2D eigenvalue weighted by Crippen LogP contribution is -2.40. The first kappa shape index (κ1) is 15.3. The largest absolute Gasteiger partial charge is 0.355 e. The van der Waals surface area contributed by atoms with Crippen LogP contribution in [-0.2, 0) is 6.42 Å². The number of rotatable bonds is 4. The van der Waals surface area contributed by atoms with Gasteiger partial charge in [0.25, 0.3) is 0 Å². The lowest BCUT2D eigenvalue weighted by Gasteiger charge is -2.35. The van der Waals surface area contributed by atoms with Crippen LogP contribution in [0.5, 0.6) is 0 Å². The van der Waals surface area contributed by atoms with E-state index in [1.165, 1.54) is 11.3 Å². The molecular formula is C18H23N3S. The summed E-state index contributed by atoms with van der Waals surface area (Å²) >= 11 is 2.09. The molecule has 1 aromatic carbocycles. The predicted molar refractivity (Wildman–Crippen MR) is 94.6 cm³/mol. The van der Waals surface area contributed by atoms with Crippen LogP contribution in [0.3, 0.4) is 0 Å². The summed E-state index contributed by atoms with van der Waals surface area (Å²) < 4.78 is 0. The first-order chi connectivity index (χ1) is 10.7. The highest BCUT2D eigenvalue weighted by Crippen LogP contribution is 2.27. The summed E-state index contributed by atoms with van der Waals surface area (Å²) in [5.41, 5.74) is 1.26. The molecule has 116 valence electrons. The third-order valence-corrected chi connectivity index (χ3v) is 5.60. The van der Waals surface area contributed by atoms with E-state index < -0.39 is 0 Å². The van der Waals surface area contributed by atoms with Gasteiger partial charge in [0.05, 0.1) is 0 Å². The molecule has 1 aromatic heterocycles. The van der Waals surface area contributed by atoms with Crippen molar-refractivity contribution in [3.63, 3.8) is 0 Å². The van der Waals surface area contributed by atoms with E-state index in [0.717, 1.165) is 31.2 Å². The van der Waals surface area contributed by atoms with Crippen LogP contribution in [0.2, 0.25) is 0 Å². The van der Waals surface area contributed by atoms with Crippen LogP contribution in [0.4, 0.5) is 5.82 Å². The number of benzene rings is 1. The van der Waals surface area contributed by atoms with Crippen LogP contribution < -0.4 is 4.90 Å². The minimum atomic E-state index is 0.696. The van der Waals surface area contributed by atoms with E-state index in [1.54, 1.807) is 0 Å². The molecule has 0 aliphatic carbocycles. The van der Waals surface area contributed by atoms with E-state index in [9.17, 15) is 0 Å². The Morgan fingerprint density at radius 2 is 2.05 bits per heavy atom. The van der Waals surface area contributed by atoms with Gasteiger partial charge in [0.1, 0.15) is 11.6 Å². The predicted octanol–water partition coefficient (Wildman–Crippen LogP) is 3.65. The molecule has 0 N–H and O–H groups in total. The lowest BCUT2D eigenvalue weighted by atomic mass is 10.1. The van der Waals surface area contributed by atoms with Crippen molar-refractivity contribution >= 4 is 17.6 Å². The normalized spacial score (nSPS) is 18.7. The summed E-state index contributed by atoms with van der Waals surface area (Å²) in [6, 6.07) is 12.5. The van der Waals surface area contributed by atoms with Crippen molar-refractivity contribution in [2.24, 2.45) is 5.92 Å². The van der Waals surface area contributed by atoms with E-state index >= 15 is 0 Å². The average molecular weight is 313 g/mol. The Hall–Kier alpha value is -1.55. The van der Waals surface area contributed by atoms with Crippen LogP contribution in [0.25, 0.3) is 0 Å². The molecule has 1 atom stereocenters. The van der Waals surface area contributed by atoms with Crippen LogP contribution >= 0.6 is 11.8 Å². The molecule has 0 amide bonds. The molecule has 3 rings (SSSR count). The van der Waals surface area contributed by atoms with Gasteiger partial charge in [-0.1, -0.05) is 44.2 Å². The van der Waals surface area contributed by atoms with E-state index in [4.69, 9.17) is 4.98 Å². The Kier molecular flexibility index (Phi) is 4.98. The van der Waals surface area contributed by atoms with Gasteiger partial charge >= 0.3 is 0 Å². The maximum absolute atomic E-state index is 4.79. The van der Waals surface area contributed by atoms with Crippen LogP contribution in [-0.4, -0.2) is 34.1 Å². The first-order valence-corrected chi connectivity index (χ1v) is 8.99. The molecule has 1 aliphatic rings. The van der Waals surface area contributed by atoms with Crippen molar-refractivity contribution in [2.45, 2.75) is 25.5 Å². The van der Waals surface area contributed by atoms with Gasteiger partial charge in [-0.25, -0.2) is 9.97 Å². The molecule has 2 aromatic rings. The van der Waals surface area contributed by atoms with Crippen molar-refractivity contribution in [3.8, 4) is 0 Å². The van der Waals surface area contributed by atoms with Crippen molar-refractivity contribution in [1.29, 1.82) is 0 Å². The zero-order valence-electron chi connectivity index (χ0n) is 13.3. The zero-order valence-corrected chi connectivity index (χ0v) is 14.1. The van der Waals surface area contributed by atoms with Crippen molar-refractivity contribution in [1.82, 2.24) is 9.97 Å². The Bertz CT molecular complexity index is 600. The minimum Gasteiger partial charge on any atom is -0.355 e. The highest BCUT2D eigenvalue weighted by atomic mass is 32.2. The van der Waals surface area contributed by atoms with Gasteiger partial charge in [0, 0.05) is 36.7 Å². The van der Waals surface area contributed by atoms with Crippen LogP contribution in [0.1, 0.15) is 25.2 Å². The highest BCUT2D eigenvalue weighted by Gasteiger charge is 2.23. The second kappa shape index (κ2) is 7.14. The number of thioether (sulfide) groups is 1. The fourth-order valence-corrected chi connectivity index (χ4v) is 4.01. The van der Waals surface area contributed by atoms with E-state index in [-0.39, 0.29) is 0 Å². The third kappa shape index (κ3) is 3.80. The lowest BCUT2D eigenvalue weighted by molar-refractivity contribution is 0.580. The van der Waals surface area contributed by atoms with Gasteiger partial charge in [0.15, 0.2) is 0 Å². The summed E-state index contributed by atoms with van der Waals surface area (Å²) in [6.07, 6.45) is 2.69. The molecule has 0 spiro atoms. The third-order valence-electron chi connectivity index (χ3n) is 4.06. The fourth-order valence-electron chi connectivity index (χ4n) is 2.71. The van der Waals surface area contributed by atoms with Gasteiger partial charge in [-0.15, -0.1) is 0 Å². The van der Waals surface area contributed by atoms with E-state index in [1.807, 2.05) is 18.3 Å². The molecule has 1 aliphatic heterocycles. The molecule has 3 nitrogen and oxygen atoms in total. The van der Waals surface area contributed by atoms with Gasteiger partial charge in [-0.05, 0) is 17.5 Å². The molecule has 4 heteroatoms.